The van der Waals surface area contributed by atoms with Crippen molar-refractivity contribution in [3.63, 3.8) is 0 Å². The lowest BCUT2D eigenvalue weighted by atomic mass is 10.1. The van der Waals surface area contributed by atoms with Crippen LogP contribution in [-0.2, 0) is 0 Å². The van der Waals surface area contributed by atoms with Crippen LogP contribution >= 0.6 is 11.3 Å². The van der Waals surface area contributed by atoms with Crippen LogP contribution in [0.1, 0.15) is 5.69 Å². The van der Waals surface area contributed by atoms with Gasteiger partial charge < -0.3 is 10.3 Å². The number of aromatic nitrogens is 6. The van der Waals surface area contributed by atoms with Crippen LogP contribution in [-0.4, -0.2) is 29.9 Å². The highest BCUT2D eigenvalue weighted by molar-refractivity contribution is 7.19. The Labute approximate surface area is 141 Å². The molecule has 0 saturated carbocycles. The van der Waals surface area contributed by atoms with Crippen molar-refractivity contribution in [3.8, 4) is 22.0 Å². The third kappa shape index (κ3) is 2.86. The maximum atomic E-state index is 4.57. The lowest BCUT2D eigenvalue weighted by Crippen LogP contribution is -1.92. The van der Waals surface area contributed by atoms with Crippen molar-refractivity contribution in [2.24, 2.45) is 0 Å². The highest BCUT2D eigenvalue weighted by Crippen LogP contribution is 2.34. The molecule has 0 spiro atoms. The standard InChI is InChI=1S/C16H13N7S/c1-10-14(24-16(22-10)23-13-9-17-4-5-19-13)11-2-3-18-12(8-11)15-20-6-7-21-15/h2-9H,1H3,(H,20,21)(H,19,22,23). The average molecular weight is 335 g/mol. The van der Waals surface area contributed by atoms with Crippen molar-refractivity contribution in [2.75, 3.05) is 5.32 Å². The van der Waals surface area contributed by atoms with Crippen LogP contribution in [0.4, 0.5) is 10.9 Å². The first-order valence-corrected chi connectivity index (χ1v) is 8.08. The van der Waals surface area contributed by atoms with Crippen molar-refractivity contribution in [2.45, 2.75) is 6.92 Å². The van der Waals surface area contributed by atoms with Gasteiger partial charge in [0.1, 0.15) is 5.69 Å². The Morgan fingerprint density at radius 3 is 2.83 bits per heavy atom. The number of hydrogen-bond donors (Lipinski definition) is 2. The Hall–Kier alpha value is -3.13. The average Bonchev–Trinajstić information content (AvgIpc) is 3.26. The maximum absolute atomic E-state index is 4.57. The van der Waals surface area contributed by atoms with Crippen molar-refractivity contribution >= 4 is 22.3 Å². The minimum Gasteiger partial charge on any atom is -0.343 e. The molecule has 0 aliphatic heterocycles. The van der Waals surface area contributed by atoms with Crippen molar-refractivity contribution in [1.82, 2.24) is 29.9 Å². The van der Waals surface area contributed by atoms with Gasteiger partial charge in [-0.1, -0.05) is 11.3 Å². The van der Waals surface area contributed by atoms with Gasteiger partial charge in [-0.2, -0.15) is 0 Å². The van der Waals surface area contributed by atoms with Gasteiger partial charge in [0, 0.05) is 31.0 Å². The highest BCUT2D eigenvalue weighted by atomic mass is 32.1. The van der Waals surface area contributed by atoms with Gasteiger partial charge in [0.2, 0.25) is 0 Å². The van der Waals surface area contributed by atoms with E-state index in [0.29, 0.717) is 5.82 Å². The van der Waals surface area contributed by atoms with Crippen LogP contribution in [0.5, 0.6) is 0 Å². The van der Waals surface area contributed by atoms with Crippen LogP contribution in [0.3, 0.4) is 0 Å². The molecular weight excluding hydrogens is 322 g/mol. The Balaban J connectivity index is 1.66. The van der Waals surface area contributed by atoms with Crippen LogP contribution in [0.2, 0.25) is 0 Å². The molecule has 118 valence electrons. The monoisotopic (exact) mass is 335 g/mol. The lowest BCUT2D eigenvalue weighted by molar-refractivity contribution is 1.18. The predicted molar refractivity (Wildman–Crippen MR) is 93.0 cm³/mol. The van der Waals surface area contributed by atoms with Crippen LogP contribution in [0.25, 0.3) is 22.0 Å². The van der Waals surface area contributed by atoms with Crippen molar-refractivity contribution in [3.05, 3.63) is 55.0 Å². The molecule has 0 aliphatic carbocycles. The Morgan fingerprint density at radius 1 is 1.08 bits per heavy atom. The summed E-state index contributed by atoms with van der Waals surface area (Å²) >= 11 is 1.56. The molecule has 4 aromatic rings. The summed E-state index contributed by atoms with van der Waals surface area (Å²) in [5.74, 6) is 1.42. The molecule has 0 bridgehead atoms. The summed E-state index contributed by atoms with van der Waals surface area (Å²) in [6.07, 6.45) is 10.2. The summed E-state index contributed by atoms with van der Waals surface area (Å²) in [5.41, 5.74) is 2.80. The molecule has 0 atom stereocenters. The van der Waals surface area contributed by atoms with E-state index in [9.17, 15) is 0 Å². The second-order valence-electron chi connectivity index (χ2n) is 5.02. The number of pyridine rings is 1. The molecule has 4 rings (SSSR count). The quantitative estimate of drug-likeness (QED) is 0.593. The smallest absolute Gasteiger partial charge is 0.189 e. The zero-order valence-corrected chi connectivity index (χ0v) is 13.6. The molecule has 8 heteroatoms. The number of nitrogens with zero attached hydrogens (tertiary/aromatic N) is 5. The van der Waals surface area contributed by atoms with E-state index < -0.39 is 0 Å². The third-order valence-corrected chi connectivity index (χ3v) is 4.48. The molecule has 0 radical (unpaired) electrons. The van der Waals surface area contributed by atoms with E-state index in [0.717, 1.165) is 32.8 Å². The number of rotatable bonds is 4. The van der Waals surface area contributed by atoms with E-state index in [1.807, 2.05) is 19.1 Å². The molecular formula is C16H13N7S. The number of thiazole rings is 1. The van der Waals surface area contributed by atoms with Crippen LogP contribution in [0, 0.1) is 6.92 Å². The summed E-state index contributed by atoms with van der Waals surface area (Å²) in [6, 6.07) is 3.98. The molecule has 0 fully saturated rings. The van der Waals surface area contributed by atoms with E-state index in [1.54, 1.807) is 48.5 Å². The molecule has 2 N–H and O–H groups in total. The summed E-state index contributed by atoms with van der Waals surface area (Å²) in [4.78, 5) is 25.6. The number of hydrogen-bond acceptors (Lipinski definition) is 7. The SMILES string of the molecule is Cc1nc(Nc2cnccn2)sc1-c1ccnc(-c2ncc[nH]2)c1. The number of imidazole rings is 1. The summed E-state index contributed by atoms with van der Waals surface area (Å²) in [5, 5.41) is 3.95. The van der Waals surface area contributed by atoms with Gasteiger partial charge in [-0.05, 0) is 24.6 Å². The Kier molecular flexibility index (Phi) is 3.72. The molecule has 4 heterocycles. The molecule has 0 aromatic carbocycles. The normalized spacial score (nSPS) is 10.7. The van der Waals surface area contributed by atoms with Gasteiger partial charge in [-0.3, -0.25) is 9.97 Å². The fraction of sp³-hybridized carbons (Fsp3) is 0.0625. The minimum atomic E-state index is 0.670. The first kappa shape index (κ1) is 14.5. The second kappa shape index (κ2) is 6.17. The largest absolute Gasteiger partial charge is 0.343 e. The number of nitrogens with one attached hydrogen (secondary N) is 2. The molecule has 0 aliphatic rings. The zero-order valence-electron chi connectivity index (χ0n) is 12.8. The first-order valence-electron chi connectivity index (χ1n) is 7.26. The number of anilines is 2. The van der Waals surface area contributed by atoms with Gasteiger partial charge in [0.25, 0.3) is 0 Å². The molecule has 0 saturated heterocycles. The summed E-state index contributed by atoms with van der Waals surface area (Å²) in [6.45, 7) is 1.99. The molecule has 24 heavy (non-hydrogen) atoms. The second-order valence-corrected chi connectivity index (χ2v) is 6.02. The number of aryl methyl sites for hydroxylation is 1. The van der Waals surface area contributed by atoms with Gasteiger partial charge in [-0.15, -0.1) is 0 Å². The van der Waals surface area contributed by atoms with Crippen molar-refractivity contribution in [1.29, 1.82) is 0 Å². The fourth-order valence-corrected chi connectivity index (χ4v) is 3.27. The minimum absolute atomic E-state index is 0.670. The molecule has 0 amide bonds. The molecule has 0 unspecified atom stereocenters. The highest BCUT2D eigenvalue weighted by Gasteiger charge is 2.12. The predicted octanol–water partition coefficient (Wildman–Crippen LogP) is 3.44. The Bertz CT molecular complexity index is 948. The topological polar surface area (TPSA) is 92.3 Å². The van der Waals surface area contributed by atoms with E-state index >= 15 is 0 Å². The van der Waals surface area contributed by atoms with E-state index in [1.165, 1.54) is 0 Å². The van der Waals surface area contributed by atoms with E-state index in [-0.39, 0.29) is 0 Å². The number of aromatic amines is 1. The van der Waals surface area contributed by atoms with Gasteiger partial charge >= 0.3 is 0 Å². The lowest BCUT2D eigenvalue weighted by Gasteiger charge is -2.01. The third-order valence-electron chi connectivity index (χ3n) is 3.36. The van der Waals surface area contributed by atoms with Gasteiger partial charge in [0.15, 0.2) is 16.8 Å². The molecule has 4 aromatic heterocycles. The van der Waals surface area contributed by atoms with Gasteiger partial charge in [0.05, 0.1) is 16.8 Å². The summed E-state index contributed by atoms with van der Waals surface area (Å²) < 4.78 is 0. The summed E-state index contributed by atoms with van der Waals surface area (Å²) in [7, 11) is 0. The first-order chi connectivity index (χ1) is 11.8. The van der Waals surface area contributed by atoms with Gasteiger partial charge in [-0.25, -0.2) is 15.0 Å². The fourth-order valence-electron chi connectivity index (χ4n) is 2.30. The van der Waals surface area contributed by atoms with E-state index in [2.05, 4.69) is 35.2 Å². The molecule has 7 nitrogen and oxygen atoms in total. The van der Waals surface area contributed by atoms with Crippen LogP contribution < -0.4 is 5.32 Å². The Morgan fingerprint density at radius 2 is 2.04 bits per heavy atom. The zero-order chi connectivity index (χ0) is 16.4. The van der Waals surface area contributed by atoms with Crippen LogP contribution in [0.15, 0.2) is 49.3 Å². The maximum Gasteiger partial charge on any atom is 0.189 e. The van der Waals surface area contributed by atoms with Crippen molar-refractivity contribution < 1.29 is 0 Å². The van der Waals surface area contributed by atoms with E-state index in [4.69, 9.17) is 0 Å². The number of H-pyrrole nitrogens is 1.